The lowest BCUT2D eigenvalue weighted by molar-refractivity contribution is -0.140. The van der Waals surface area contributed by atoms with Gasteiger partial charge in [-0.2, -0.15) is 13.2 Å². The molecule has 0 bridgehead atoms. The van der Waals surface area contributed by atoms with E-state index in [0.29, 0.717) is 17.9 Å². The van der Waals surface area contributed by atoms with Crippen molar-refractivity contribution in [1.29, 1.82) is 0 Å². The predicted octanol–water partition coefficient (Wildman–Crippen LogP) is 7.59. The zero-order valence-corrected chi connectivity index (χ0v) is 19.5. The average molecular weight is 528 g/mol. The fourth-order valence-corrected chi connectivity index (χ4v) is 7.03. The molecule has 158 valence electrons. The molecule has 28 heavy (non-hydrogen) atoms. The van der Waals surface area contributed by atoms with Gasteiger partial charge in [-0.25, -0.2) is 4.39 Å². The summed E-state index contributed by atoms with van der Waals surface area (Å²) in [5, 5.41) is 0. The fraction of sp³-hybridized carbons (Fsp3) is 0.682. The lowest BCUT2D eigenvalue weighted by Gasteiger charge is -2.37. The summed E-state index contributed by atoms with van der Waals surface area (Å²) in [7, 11) is 2.97. The minimum absolute atomic E-state index is 0.0784. The summed E-state index contributed by atoms with van der Waals surface area (Å²) in [4.78, 5) is 0. The zero-order valence-electron chi connectivity index (χ0n) is 16.2. The monoisotopic (exact) mass is 528 g/mol. The number of aryl methyl sites for hydroxylation is 1. The van der Waals surface area contributed by atoms with Crippen LogP contribution in [0.4, 0.5) is 17.6 Å². The Morgan fingerprint density at radius 1 is 0.964 bits per heavy atom. The van der Waals surface area contributed by atoms with Crippen LogP contribution in [0.3, 0.4) is 0 Å². The molecule has 0 N–H and O–H groups in total. The van der Waals surface area contributed by atoms with Crippen molar-refractivity contribution in [3.05, 3.63) is 32.6 Å². The van der Waals surface area contributed by atoms with Gasteiger partial charge in [0.1, 0.15) is 11.4 Å². The molecule has 1 aromatic carbocycles. The second-order valence-electron chi connectivity index (χ2n) is 8.56. The molecule has 0 amide bonds. The molecule has 1 atom stereocenters. The third-order valence-corrected chi connectivity index (χ3v) is 9.08. The topological polar surface area (TPSA) is 0 Å². The Kier molecular flexibility index (Phi) is 7.97. The maximum absolute atomic E-state index is 14.1. The summed E-state index contributed by atoms with van der Waals surface area (Å²) in [6.45, 7) is 0. The van der Waals surface area contributed by atoms with Crippen LogP contribution in [0.5, 0.6) is 0 Å². The molecule has 1 unspecified atom stereocenters. The van der Waals surface area contributed by atoms with E-state index in [9.17, 15) is 17.6 Å². The Bertz CT molecular complexity index is 672. The number of halogens is 5. The summed E-state index contributed by atoms with van der Waals surface area (Å²) in [5.41, 5.74) is 0.409. The maximum atomic E-state index is 14.1. The van der Waals surface area contributed by atoms with Crippen molar-refractivity contribution >= 4 is 34.5 Å². The van der Waals surface area contributed by atoms with E-state index in [-0.39, 0.29) is 3.57 Å². The molecule has 6 heteroatoms. The third kappa shape index (κ3) is 5.77. The molecule has 2 saturated carbocycles. The van der Waals surface area contributed by atoms with E-state index in [1.165, 1.54) is 51.4 Å². The Hall–Kier alpha value is -0.0300. The molecular weight excluding hydrogens is 498 g/mol. The highest BCUT2D eigenvalue weighted by molar-refractivity contribution is 14.2. The second kappa shape index (κ2) is 9.85. The fourth-order valence-electron chi connectivity index (χ4n) is 5.08. The molecule has 2 fully saturated rings. The van der Waals surface area contributed by atoms with Gasteiger partial charge in [0, 0.05) is 3.57 Å². The van der Waals surface area contributed by atoms with E-state index in [1.54, 1.807) is 6.07 Å². The Balaban J connectivity index is 1.53. The highest BCUT2D eigenvalue weighted by Crippen LogP contribution is 2.42. The Morgan fingerprint density at radius 2 is 1.54 bits per heavy atom. The van der Waals surface area contributed by atoms with Crippen LogP contribution in [0.25, 0.3) is 0 Å². The van der Waals surface area contributed by atoms with Gasteiger partial charge in [0.15, 0.2) is 0 Å². The van der Waals surface area contributed by atoms with E-state index in [1.807, 2.05) is 0 Å². The molecule has 0 heterocycles. The van der Waals surface area contributed by atoms with Gasteiger partial charge in [-0.15, -0.1) is 9.24 Å². The van der Waals surface area contributed by atoms with E-state index in [0.717, 1.165) is 30.0 Å². The van der Waals surface area contributed by atoms with Crippen molar-refractivity contribution in [3.8, 4) is 0 Å². The molecule has 0 saturated heterocycles. The van der Waals surface area contributed by atoms with Gasteiger partial charge in [-0.05, 0) is 92.5 Å². The van der Waals surface area contributed by atoms with E-state index in [2.05, 4.69) is 13.8 Å². The number of hydrogen-bond acceptors (Lipinski definition) is 0. The second-order valence-corrected chi connectivity index (χ2v) is 11.4. The normalized spacial score (nSPS) is 29.0. The summed E-state index contributed by atoms with van der Waals surface area (Å²) in [6, 6.07) is 2.65. The van der Waals surface area contributed by atoms with Gasteiger partial charge in [-0.3, -0.25) is 0 Å². The van der Waals surface area contributed by atoms with Crippen molar-refractivity contribution in [2.45, 2.75) is 76.0 Å². The first-order valence-corrected chi connectivity index (χ1v) is 13.6. The quantitative estimate of drug-likeness (QED) is 0.210. The Morgan fingerprint density at radius 3 is 2.07 bits per heavy atom. The highest BCUT2D eigenvalue weighted by Gasteiger charge is 2.37. The molecule has 1 aromatic rings. The van der Waals surface area contributed by atoms with Gasteiger partial charge >= 0.3 is 6.18 Å². The van der Waals surface area contributed by atoms with Crippen molar-refractivity contribution in [1.82, 2.24) is 0 Å². The van der Waals surface area contributed by atoms with E-state index >= 15 is 0 Å². The predicted molar refractivity (Wildman–Crippen MR) is 120 cm³/mol. The zero-order chi connectivity index (χ0) is 20.3. The standard InChI is InChI=1S/C22H30F4IP/c1-27-20-13-15(12-19(23)21(20)22(24,25)26)3-2-14-4-6-16(7-5-14)17-8-10-18(28)11-9-17/h12-14,16-18H,1-11,28H2. The van der Waals surface area contributed by atoms with Gasteiger partial charge in [0.2, 0.25) is 0 Å². The van der Waals surface area contributed by atoms with Gasteiger partial charge < -0.3 is 0 Å². The van der Waals surface area contributed by atoms with Crippen LogP contribution in [0.2, 0.25) is 0 Å². The van der Waals surface area contributed by atoms with Crippen molar-refractivity contribution < 1.29 is 17.6 Å². The molecule has 3 rings (SSSR count). The Labute approximate surface area is 178 Å². The van der Waals surface area contributed by atoms with Crippen LogP contribution >= 0.6 is 30.0 Å². The average Bonchev–Trinajstić information content (AvgIpc) is 2.66. The lowest BCUT2D eigenvalue weighted by atomic mass is 9.70. The number of hydrogen-bond donors (Lipinski definition) is 0. The van der Waals surface area contributed by atoms with Crippen LogP contribution in [0.1, 0.15) is 68.9 Å². The molecule has 0 nitrogen and oxygen atoms in total. The van der Waals surface area contributed by atoms with Crippen LogP contribution < -0.4 is 0 Å². The molecule has 0 spiro atoms. The van der Waals surface area contributed by atoms with Gasteiger partial charge in [-0.1, -0.05) is 38.1 Å². The largest absolute Gasteiger partial charge is 0.420 e. The van der Waals surface area contributed by atoms with E-state index < -0.39 is 38.3 Å². The number of alkyl halides is 3. The first-order valence-electron chi connectivity index (χ1n) is 10.3. The molecule has 2 aliphatic carbocycles. The summed E-state index contributed by atoms with van der Waals surface area (Å²) in [6.07, 6.45) is 7.39. The molecule has 0 aliphatic heterocycles. The first-order chi connectivity index (χ1) is 13.3. The van der Waals surface area contributed by atoms with Crippen molar-refractivity contribution in [3.63, 3.8) is 0 Å². The molecule has 2 aliphatic rings. The highest BCUT2D eigenvalue weighted by atomic mass is 127. The number of benzene rings is 1. The molecule has 0 radical (unpaired) electrons. The third-order valence-electron chi connectivity index (χ3n) is 6.75. The van der Waals surface area contributed by atoms with Crippen molar-refractivity contribution in [2.24, 2.45) is 17.8 Å². The van der Waals surface area contributed by atoms with Crippen LogP contribution in [0, 0.1) is 27.1 Å². The summed E-state index contributed by atoms with van der Waals surface area (Å²) in [5.74, 6) is 1.25. The molecule has 0 aromatic heterocycles. The van der Waals surface area contributed by atoms with Crippen LogP contribution in [-0.2, 0) is 12.6 Å². The summed E-state index contributed by atoms with van der Waals surface area (Å²) < 4.78 is 57.0. The van der Waals surface area contributed by atoms with Crippen molar-refractivity contribution in [2.75, 3.05) is 0 Å². The smallest absolute Gasteiger partial charge is 0.206 e. The summed E-state index contributed by atoms with van der Waals surface area (Å²) >= 11 is -1.07. The maximum Gasteiger partial charge on any atom is 0.420 e. The van der Waals surface area contributed by atoms with Gasteiger partial charge in [0.05, 0.1) is 0 Å². The van der Waals surface area contributed by atoms with Crippen LogP contribution in [0.15, 0.2) is 12.1 Å². The molecular formula is C22H30F4IP. The SMILES string of the molecule is C=Ic1cc(CCC2CCC(C3CCC(P)CC3)CC2)cc(F)c1C(F)(F)F. The lowest BCUT2D eigenvalue weighted by Crippen LogP contribution is -2.26. The number of rotatable bonds is 5. The minimum atomic E-state index is -4.64. The van der Waals surface area contributed by atoms with Crippen LogP contribution in [-0.4, -0.2) is 10.2 Å². The van der Waals surface area contributed by atoms with E-state index in [4.69, 9.17) is 0 Å². The van der Waals surface area contributed by atoms with Gasteiger partial charge in [0.25, 0.3) is 0 Å². The first kappa shape index (κ1) is 22.7. The minimum Gasteiger partial charge on any atom is -0.206 e.